The van der Waals surface area contributed by atoms with Gasteiger partial charge in [0, 0.05) is 38.3 Å². The maximum Gasteiger partial charge on any atom is 0.229 e. The third-order valence-corrected chi connectivity index (χ3v) is 3.65. The summed E-state index contributed by atoms with van der Waals surface area (Å²) in [5.41, 5.74) is 0. The fraction of sp³-hybridized carbons (Fsp3) is 0.556. The van der Waals surface area contributed by atoms with Gasteiger partial charge in [0.2, 0.25) is 21.9 Å². The largest absolute Gasteiger partial charge is 0.320 e. The van der Waals surface area contributed by atoms with Crippen molar-refractivity contribution in [2.45, 2.75) is 6.42 Å². The lowest BCUT2D eigenvalue weighted by Gasteiger charge is -2.15. The van der Waals surface area contributed by atoms with E-state index in [9.17, 15) is 13.2 Å². The van der Waals surface area contributed by atoms with Crippen molar-refractivity contribution in [3.63, 3.8) is 0 Å². The molecule has 0 saturated carbocycles. The van der Waals surface area contributed by atoms with E-state index < -0.39 is 10.0 Å². The number of hydrogen-bond acceptors (Lipinski definition) is 4. The summed E-state index contributed by atoms with van der Waals surface area (Å²) in [5, 5.41) is 4.98. The molecule has 1 unspecified atom stereocenters. The van der Waals surface area contributed by atoms with Crippen molar-refractivity contribution in [3.8, 4) is 0 Å². The Bertz CT molecular complexity index is 536. The third-order valence-electron chi connectivity index (χ3n) is 2.71. The Hall–Kier alpha value is -1.41. The molecule has 2 rings (SSSR count). The number of hydrogen-bond donors (Lipinski definition) is 1. The number of amides is 1. The molecule has 17 heavy (non-hydrogen) atoms. The van der Waals surface area contributed by atoms with E-state index in [0.29, 0.717) is 12.5 Å². The Balaban J connectivity index is 2.14. The van der Waals surface area contributed by atoms with E-state index in [4.69, 9.17) is 5.14 Å². The highest BCUT2D eigenvalue weighted by Crippen LogP contribution is 2.23. The number of carbonyl (C=O) groups excluding carboxylic acids is 1. The summed E-state index contributed by atoms with van der Waals surface area (Å²) in [6, 6.07) is 0. The predicted molar refractivity (Wildman–Crippen MR) is 61.6 cm³/mol. The van der Waals surface area contributed by atoms with Gasteiger partial charge in [-0.15, -0.1) is 0 Å². The highest BCUT2D eigenvalue weighted by atomic mass is 32.2. The molecule has 1 fully saturated rings. The number of carbonyl (C=O) groups is 1. The maximum atomic E-state index is 11.8. The molecule has 8 heteroatoms. The minimum atomic E-state index is -3.54. The number of primary sulfonamides is 1. The molecule has 1 atom stereocenters. The Morgan fingerprint density at radius 1 is 1.59 bits per heavy atom. The van der Waals surface area contributed by atoms with Gasteiger partial charge in [0.05, 0.1) is 5.75 Å². The van der Waals surface area contributed by atoms with Crippen LogP contribution in [0.4, 0.5) is 5.95 Å². The van der Waals surface area contributed by atoms with Crippen molar-refractivity contribution in [1.29, 1.82) is 0 Å². The number of imidazole rings is 1. The summed E-state index contributed by atoms with van der Waals surface area (Å²) in [7, 11) is -1.76. The van der Waals surface area contributed by atoms with Crippen molar-refractivity contribution < 1.29 is 13.2 Å². The fourth-order valence-corrected chi connectivity index (χ4v) is 2.91. The van der Waals surface area contributed by atoms with Gasteiger partial charge in [0.1, 0.15) is 0 Å². The van der Waals surface area contributed by atoms with E-state index in [0.717, 1.165) is 0 Å². The Morgan fingerprint density at radius 2 is 2.29 bits per heavy atom. The average molecular weight is 258 g/mol. The van der Waals surface area contributed by atoms with Crippen molar-refractivity contribution in [2.75, 3.05) is 17.2 Å². The number of nitrogens with two attached hydrogens (primary N) is 1. The second-order valence-electron chi connectivity index (χ2n) is 4.24. The molecule has 0 bridgehead atoms. The van der Waals surface area contributed by atoms with Crippen molar-refractivity contribution in [1.82, 2.24) is 9.55 Å². The second kappa shape index (κ2) is 4.11. The smallest absolute Gasteiger partial charge is 0.229 e. The topological polar surface area (TPSA) is 98.3 Å². The zero-order valence-electron chi connectivity index (χ0n) is 9.41. The molecule has 1 aromatic rings. The minimum Gasteiger partial charge on any atom is -0.320 e. The van der Waals surface area contributed by atoms with E-state index in [1.807, 2.05) is 0 Å². The van der Waals surface area contributed by atoms with Crippen LogP contribution in [0, 0.1) is 5.92 Å². The summed E-state index contributed by atoms with van der Waals surface area (Å²) in [4.78, 5) is 17.3. The fourth-order valence-electron chi connectivity index (χ4n) is 2.03. The van der Waals surface area contributed by atoms with Crippen LogP contribution in [0.15, 0.2) is 12.4 Å². The van der Waals surface area contributed by atoms with Crippen molar-refractivity contribution in [3.05, 3.63) is 12.4 Å². The first-order chi connectivity index (χ1) is 7.87. The van der Waals surface area contributed by atoms with Crippen LogP contribution in [0.3, 0.4) is 0 Å². The summed E-state index contributed by atoms with van der Waals surface area (Å²) >= 11 is 0. The molecule has 2 N–H and O–H groups in total. The molecule has 0 aliphatic carbocycles. The van der Waals surface area contributed by atoms with Crippen LogP contribution in [0.25, 0.3) is 0 Å². The zero-order chi connectivity index (χ0) is 12.6. The summed E-state index contributed by atoms with van der Waals surface area (Å²) in [6.45, 7) is 0.347. The highest BCUT2D eigenvalue weighted by molar-refractivity contribution is 7.89. The summed E-state index contributed by atoms with van der Waals surface area (Å²) < 4.78 is 23.7. The molecular formula is C9H14N4O3S. The van der Waals surface area contributed by atoms with E-state index >= 15 is 0 Å². The lowest BCUT2D eigenvalue weighted by Crippen LogP contribution is -2.29. The van der Waals surface area contributed by atoms with Gasteiger partial charge in [-0.3, -0.25) is 9.69 Å². The number of anilines is 1. The molecule has 1 aliphatic rings. The molecule has 0 spiro atoms. The zero-order valence-corrected chi connectivity index (χ0v) is 10.2. The number of sulfonamides is 1. The first-order valence-electron chi connectivity index (χ1n) is 5.15. The van der Waals surface area contributed by atoms with Crippen molar-refractivity contribution in [2.24, 2.45) is 18.1 Å². The molecule has 7 nitrogen and oxygen atoms in total. The van der Waals surface area contributed by atoms with Gasteiger partial charge < -0.3 is 4.57 Å². The predicted octanol–water partition coefficient (Wildman–Crippen LogP) is -0.938. The average Bonchev–Trinajstić information content (AvgIpc) is 2.70. The van der Waals surface area contributed by atoms with Gasteiger partial charge in [-0.05, 0) is 0 Å². The van der Waals surface area contributed by atoms with E-state index in [1.165, 1.54) is 4.90 Å². The molecule has 1 amide bonds. The van der Waals surface area contributed by atoms with Crippen LogP contribution >= 0.6 is 0 Å². The highest BCUT2D eigenvalue weighted by Gasteiger charge is 2.34. The van der Waals surface area contributed by atoms with Crippen LogP contribution < -0.4 is 10.0 Å². The summed E-state index contributed by atoms with van der Waals surface area (Å²) in [6.07, 6.45) is 3.52. The quantitative estimate of drug-likeness (QED) is 0.756. The molecule has 1 aliphatic heterocycles. The standard InChI is InChI=1S/C9H14N4O3S/c1-12-3-2-11-9(12)13-5-7(4-8(13)14)6-17(10,15)16/h2-3,7H,4-6H2,1H3,(H2,10,15,16). The number of aromatic nitrogens is 2. The van der Waals surface area contributed by atoms with Gasteiger partial charge in [-0.25, -0.2) is 18.5 Å². The minimum absolute atomic E-state index is 0.118. The van der Waals surface area contributed by atoms with Gasteiger partial charge >= 0.3 is 0 Å². The van der Waals surface area contributed by atoms with Crippen LogP contribution in [0.1, 0.15) is 6.42 Å². The van der Waals surface area contributed by atoms with Crippen LogP contribution in [-0.2, 0) is 21.9 Å². The van der Waals surface area contributed by atoms with Gasteiger partial charge in [-0.2, -0.15) is 0 Å². The number of rotatable bonds is 3. The monoisotopic (exact) mass is 258 g/mol. The molecule has 1 aromatic heterocycles. The van der Waals surface area contributed by atoms with Gasteiger partial charge in [-0.1, -0.05) is 0 Å². The lowest BCUT2D eigenvalue weighted by atomic mass is 10.1. The van der Waals surface area contributed by atoms with Gasteiger partial charge in [0.15, 0.2) is 0 Å². The van der Waals surface area contributed by atoms with Crippen molar-refractivity contribution >= 4 is 21.9 Å². The van der Waals surface area contributed by atoms with E-state index in [1.54, 1.807) is 24.0 Å². The second-order valence-corrected chi connectivity index (χ2v) is 5.90. The Kier molecular flexibility index (Phi) is 2.92. The number of aryl methyl sites for hydroxylation is 1. The first kappa shape index (κ1) is 12.1. The molecular weight excluding hydrogens is 244 g/mol. The Labute approximate surface area is 99.3 Å². The van der Waals surface area contributed by atoms with E-state index in [-0.39, 0.29) is 24.0 Å². The molecule has 1 saturated heterocycles. The third kappa shape index (κ3) is 2.64. The molecule has 2 heterocycles. The number of nitrogens with zero attached hydrogens (tertiary/aromatic N) is 3. The van der Waals surface area contributed by atoms with Crippen LogP contribution in [-0.4, -0.2) is 36.2 Å². The summed E-state index contributed by atoms with van der Waals surface area (Å²) in [5.74, 6) is -0.00583. The van der Waals surface area contributed by atoms with Gasteiger partial charge in [0.25, 0.3) is 0 Å². The van der Waals surface area contributed by atoms with E-state index in [2.05, 4.69) is 4.98 Å². The first-order valence-corrected chi connectivity index (χ1v) is 6.86. The van der Waals surface area contributed by atoms with Crippen LogP contribution in [0.5, 0.6) is 0 Å². The SMILES string of the molecule is Cn1ccnc1N1CC(CS(N)(=O)=O)CC1=O. The molecule has 0 radical (unpaired) electrons. The lowest BCUT2D eigenvalue weighted by molar-refractivity contribution is -0.117. The van der Waals surface area contributed by atoms with Crippen LogP contribution in [0.2, 0.25) is 0 Å². The molecule has 0 aromatic carbocycles. The Morgan fingerprint density at radius 3 is 2.82 bits per heavy atom. The maximum absolute atomic E-state index is 11.8. The molecule has 94 valence electrons. The normalized spacial score (nSPS) is 21.2.